The average molecular weight is 262 g/mol. The van der Waals surface area contributed by atoms with Crippen LogP contribution in [0.5, 0.6) is 5.75 Å². The van der Waals surface area contributed by atoms with Crippen molar-refractivity contribution in [3.8, 4) is 5.75 Å². The first-order valence-corrected chi connectivity index (χ1v) is 6.91. The normalized spacial score (nSPS) is 16.9. The molecule has 0 spiro atoms. The number of anilines is 1. The van der Waals surface area contributed by atoms with E-state index in [0.29, 0.717) is 24.4 Å². The Kier molecular flexibility index (Phi) is 4.66. The summed E-state index contributed by atoms with van der Waals surface area (Å²) in [4.78, 5) is 14.0. The molecule has 1 aromatic carbocycles. The van der Waals surface area contributed by atoms with E-state index in [0.717, 1.165) is 24.9 Å². The van der Waals surface area contributed by atoms with Crippen molar-refractivity contribution in [3.05, 3.63) is 23.8 Å². The van der Waals surface area contributed by atoms with E-state index >= 15 is 0 Å². The molecule has 4 nitrogen and oxygen atoms in total. The first kappa shape index (κ1) is 13.7. The Morgan fingerprint density at radius 3 is 2.79 bits per heavy atom. The zero-order valence-corrected chi connectivity index (χ0v) is 11.5. The minimum Gasteiger partial charge on any atom is -0.495 e. The molecule has 1 amide bonds. The number of methoxy groups -OCH3 is 1. The van der Waals surface area contributed by atoms with E-state index in [1.165, 1.54) is 12.8 Å². The van der Waals surface area contributed by atoms with E-state index in [9.17, 15) is 4.79 Å². The van der Waals surface area contributed by atoms with Crippen molar-refractivity contribution in [1.29, 1.82) is 0 Å². The van der Waals surface area contributed by atoms with Gasteiger partial charge < -0.3 is 15.4 Å². The van der Waals surface area contributed by atoms with Gasteiger partial charge in [-0.05, 0) is 30.5 Å². The molecule has 1 saturated heterocycles. The number of hydrogen-bond acceptors (Lipinski definition) is 3. The molecule has 1 heterocycles. The van der Waals surface area contributed by atoms with E-state index in [1.54, 1.807) is 7.11 Å². The molecule has 2 N–H and O–H groups in total. The molecule has 0 radical (unpaired) electrons. The van der Waals surface area contributed by atoms with Gasteiger partial charge in [0.05, 0.1) is 12.8 Å². The number of amides is 1. The summed E-state index contributed by atoms with van der Waals surface area (Å²) < 4.78 is 5.14. The van der Waals surface area contributed by atoms with E-state index in [1.807, 2.05) is 23.1 Å². The van der Waals surface area contributed by atoms with Gasteiger partial charge in [-0.15, -0.1) is 0 Å². The highest BCUT2D eigenvalue weighted by Gasteiger charge is 2.16. The summed E-state index contributed by atoms with van der Waals surface area (Å²) in [5, 5.41) is 0. The van der Waals surface area contributed by atoms with Crippen molar-refractivity contribution in [1.82, 2.24) is 4.90 Å². The molecule has 0 unspecified atom stereocenters. The Hall–Kier alpha value is -1.71. The highest BCUT2D eigenvalue weighted by Crippen LogP contribution is 2.23. The third-order valence-corrected chi connectivity index (χ3v) is 3.59. The number of nitrogens with zero attached hydrogens (tertiary/aromatic N) is 1. The number of ether oxygens (including phenoxy) is 1. The van der Waals surface area contributed by atoms with Crippen molar-refractivity contribution in [2.24, 2.45) is 0 Å². The molecule has 0 atom stereocenters. The molecule has 0 bridgehead atoms. The highest BCUT2D eigenvalue weighted by atomic mass is 16.5. The van der Waals surface area contributed by atoms with Crippen LogP contribution in [-0.2, 0) is 11.3 Å². The first-order valence-electron chi connectivity index (χ1n) is 6.91. The summed E-state index contributed by atoms with van der Waals surface area (Å²) >= 11 is 0. The third-order valence-electron chi connectivity index (χ3n) is 3.59. The molecule has 1 fully saturated rings. The van der Waals surface area contributed by atoms with Crippen LogP contribution in [0.3, 0.4) is 0 Å². The number of hydrogen-bond donors (Lipinski definition) is 1. The molecule has 0 aromatic heterocycles. The SMILES string of the molecule is COc1ccc(CN2CCCCCCC2=O)cc1N. The summed E-state index contributed by atoms with van der Waals surface area (Å²) in [5.41, 5.74) is 7.59. The van der Waals surface area contributed by atoms with Gasteiger partial charge in [0.2, 0.25) is 5.91 Å². The van der Waals surface area contributed by atoms with Crippen LogP contribution in [-0.4, -0.2) is 24.5 Å². The lowest BCUT2D eigenvalue weighted by Gasteiger charge is -2.25. The van der Waals surface area contributed by atoms with Gasteiger partial charge in [-0.3, -0.25) is 4.79 Å². The van der Waals surface area contributed by atoms with Crippen LogP contribution in [0.1, 0.15) is 37.7 Å². The fourth-order valence-corrected chi connectivity index (χ4v) is 2.49. The Morgan fingerprint density at radius 2 is 2.05 bits per heavy atom. The van der Waals surface area contributed by atoms with Crippen LogP contribution >= 0.6 is 0 Å². The van der Waals surface area contributed by atoms with Crippen LogP contribution in [0.25, 0.3) is 0 Å². The number of nitrogen functional groups attached to an aromatic ring is 1. The average Bonchev–Trinajstić information content (AvgIpc) is 2.39. The van der Waals surface area contributed by atoms with E-state index in [-0.39, 0.29) is 5.91 Å². The van der Waals surface area contributed by atoms with Gasteiger partial charge in [-0.1, -0.05) is 18.9 Å². The lowest BCUT2D eigenvalue weighted by Crippen LogP contribution is -2.32. The molecular formula is C15H22N2O2. The van der Waals surface area contributed by atoms with Crippen molar-refractivity contribution >= 4 is 11.6 Å². The third kappa shape index (κ3) is 3.63. The zero-order valence-electron chi connectivity index (χ0n) is 11.5. The van der Waals surface area contributed by atoms with Crippen molar-refractivity contribution < 1.29 is 9.53 Å². The number of rotatable bonds is 3. The van der Waals surface area contributed by atoms with Gasteiger partial charge in [0.1, 0.15) is 5.75 Å². The van der Waals surface area contributed by atoms with Gasteiger partial charge in [0, 0.05) is 19.5 Å². The van der Waals surface area contributed by atoms with Crippen molar-refractivity contribution in [2.75, 3.05) is 19.4 Å². The predicted molar refractivity (Wildman–Crippen MR) is 75.9 cm³/mol. The number of benzene rings is 1. The molecule has 1 aromatic rings. The quantitative estimate of drug-likeness (QED) is 0.852. The van der Waals surface area contributed by atoms with Crippen LogP contribution in [0.15, 0.2) is 18.2 Å². The van der Waals surface area contributed by atoms with E-state index in [4.69, 9.17) is 10.5 Å². The minimum absolute atomic E-state index is 0.258. The maximum atomic E-state index is 12.0. The number of carbonyl (C=O) groups is 1. The second-order valence-corrected chi connectivity index (χ2v) is 5.06. The monoisotopic (exact) mass is 262 g/mol. The Balaban J connectivity index is 2.05. The summed E-state index contributed by atoms with van der Waals surface area (Å²) in [6.45, 7) is 1.50. The van der Waals surface area contributed by atoms with Crippen LogP contribution in [0.4, 0.5) is 5.69 Å². The van der Waals surface area contributed by atoms with Crippen LogP contribution in [0.2, 0.25) is 0 Å². The molecule has 4 heteroatoms. The molecule has 0 aliphatic carbocycles. The Morgan fingerprint density at radius 1 is 1.26 bits per heavy atom. The van der Waals surface area contributed by atoms with Crippen molar-refractivity contribution in [2.45, 2.75) is 38.6 Å². The number of likely N-dealkylation sites (tertiary alicyclic amines) is 1. The fraction of sp³-hybridized carbons (Fsp3) is 0.533. The summed E-state index contributed by atoms with van der Waals surface area (Å²) in [6.07, 6.45) is 5.17. The predicted octanol–water partition coefficient (Wildman–Crippen LogP) is 2.57. The molecule has 104 valence electrons. The lowest BCUT2D eigenvalue weighted by atomic mass is 10.1. The highest BCUT2D eigenvalue weighted by molar-refractivity contribution is 5.76. The molecule has 19 heavy (non-hydrogen) atoms. The minimum atomic E-state index is 0.258. The van der Waals surface area contributed by atoms with Gasteiger partial charge in [0.15, 0.2) is 0 Å². The molecular weight excluding hydrogens is 240 g/mol. The van der Waals surface area contributed by atoms with E-state index in [2.05, 4.69) is 0 Å². The first-order chi connectivity index (χ1) is 9.20. The number of carbonyl (C=O) groups excluding carboxylic acids is 1. The summed E-state index contributed by atoms with van der Waals surface area (Å²) in [6, 6.07) is 5.73. The smallest absolute Gasteiger partial charge is 0.222 e. The standard InChI is InChI=1S/C15H22N2O2/c1-19-14-8-7-12(10-13(14)16)11-17-9-5-3-2-4-6-15(17)18/h7-8,10H,2-6,9,11,16H2,1H3. The van der Waals surface area contributed by atoms with Crippen LogP contribution < -0.4 is 10.5 Å². The van der Waals surface area contributed by atoms with E-state index < -0.39 is 0 Å². The Labute approximate surface area is 114 Å². The summed E-state index contributed by atoms with van der Waals surface area (Å²) in [5.74, 6) is 0.942. The van der Waals surface area contributed by atoms with Crippen LogP contribution in [0, 0.1) is 0 Å². The van der Waals surface area contributed by atoms with Crippen molar-refractivity contribution in [3.63, 3.8) is 0 Å². The topological polar surface area (TPSA) is 55.6 Å². The van der Waals surface area contributed by atoms with Gasteiger partial charge in [0.25, 0.3) is 0 Å². The van der Waals surface area contributed by atoms with Gasteiger partial charge in [-0.2, -0.15) is 0 Å². The van der Waals surface area contributed by atoms with Gasteiger partial charge >= 0.3 is 0 Å². The zero-order chi connectivity index (χ0) is 13.7. The molecule has 2 rings (SSSR count). The maximum absolute atomic E-state index is 12.0. The Bertz CT molecular complexity index is 446. The maximum Gasteiger partial charge on any atom is 0.222 e. The second-order valence-electron chi connectivity index (χ2n) is 5.06. The molecule has 1 aliphatic rings. The molecule has 0 saturated carbocycles. The molecule has 1 aliphatic heterocycles. The fourth-order valence-electron chi connectivity index (χ4n) is 2.49. The second kappa shape index (κ2) is 6.45. The van der Waals surface area contributed by atoms with Gasteiger partial charge in [-0.25, -0.2) is 0 Å². The summed E-state index contributed by atoms with van der Waals surface area (Å²) in [7, 11) is 1.60. The largest absolute Gasteiger partial charge is 0.495 e. The lowest BCUT2D eigenvalue weighted by molar-refractivity contribution is -0.132. The number of nitrogens with two attached hydrogens (primary N) is 1.